The first kappa shape index (κ1) is 21.9. The highest BCUT2D eigenvalue weighted by Gasteiger charge is 2.42. The number of rotatable bonds is 4. The Hall–Kier alpha value is -2.77. The first-order valence-electron chi connectivity index (χ1n) is 7.87. The van der Waals surface area contributed by atoms with Gasteiger partial charge < -0.3 is 0 Å². The van der Waals surface area contributed by atoms with Crippen LogP contribution < -0.4 is 10.3 Å². The van der Waals surface area contributed by atoms with Crippen LogP contribution in [0.25, 0.3) is 21.5 Å². The predicted octanol–water partition coefficient (Wildman–Crippen LogP) is 3.88. The molecule has 0 aliphatic rings. The average molecular weight is 459 g/mol. The monoisotopic (exact) mass is 459 g/mol. The van der Waals surface area contributed by atoms with E-state index in [0.717, 1.165) is 13.1 Å². The lowest BCUT2D eigenvalue weighted by molar-refractivity contribution is -0.144. The minimum Gasteiger partial charge on any atom is -0.292 e. The van der Waals surface area contributed by atoms with Crippen molar-refractivity contribution < 1.29 is 35.1 Å². The third-order valence-corrected chi connectivity index (χ3v) is 5.03. The van der Waals surface area contributed by atoms with Crippen molar-refractivity contribution in [2.75, 3.05) is 0 Å². The van der Waals surface area contributed by atoms with Crippen LogP contribution in [0.15, 0.2) is 27.8 Å². The number of fused-ring (bicyclic) bond motifs is 1. The van der Waals surface area contributed by atoms with Crippen molar-refractivity contribution >= 4 is 21.6 Å². The summed E-state index contributed by atoms with van der Waals surface area (Å²) in [6.07, 6.45) is -9.00. The highest BCUT2D eigenvalue weighted by atomic mass is 32.1. The fourth-order valence-corrected chi connectivity index (χ4v) is 3.58. The Morgan fingerprint density at radius 1 is 1.10 bits per heavy atom. The highest BCUT2D eigenvalue weighted by Crippen LogP contribution is 2.32. The average Bonchev–Trinajstić information content (AvgIpc) is 2.89. The van der Waals surface area contributed by atoms with Crippen LogP contribution in [0.3, 0.4) is 0 Å². The summed E-state index contributed by atoms with van der Waals surface area (Å²) in [4.78, 5) is 23.0. The van der Waals surface area contributed by atoms with Gasteiger partial charge >= 0.3 is 23.4 Å². The molecule has 0 saturated carbocycles. The summed E-state index contributed by atoms with van der Waals surface area (Å²) < 4.78 is 105. The number of halogens is 8. The van der Waals surface area contributed by atoms with Crippen LogP contribution in [-0.4, -0.2) is 26.7 Å². The van der Waals surface area contributed by atoms with Gasteiger partial charge in [0, 0.05) is 18.7 Å². The highest BCUT2D eigenvalue weighted by molar-refractivity contribution is 7.16. The zero-order chi connectivity index (χ0) is 22.6. The fourth-order valence-electron chi connectivity index (χ4n) is 2.69. The minimum atomic E-state index is -4.92. The second-order valence-corrected chi connectivity index (χ2v) is 7.17. The Morgan fingerprint density at radius 3 is 2.30 bits per heavy atom. The first-order chi connectivity index (χ1) is 13.7. The maximum absolute atomic E-state index is 14.5. The minimum absolute atomic E-state index is 0.178. The van der Waals surface area contributed by atoms with Crippen molar-refractivity contribution in [3.8, 4) is 11.3 Å². The number of nitrogens with zero attached hydrogens (tertiary/aromatic N) is 3. The van der Waals surface area contributed by atoms with Gasteiger partial charge in [0.1, 0.15) is 17.2 Å². The van der Waals surface area contributed by atoms with Gasteiger partial charge in [-0.15, -0.1) is 0 Å². The Morgan fingerprint density at radius 2 is 1.73 bits per heavy atom. The van der Waals surface area contributed by atoms with Gasteiger partial charge in [-0.05, 0) is 12.1 Å². The van der Waals surface area contributed by atoms with Crippen LogP contribution in [0, 0.1) is 5.82 Å². The van der Waals surface area contributed by atoms with E-state index in [1.165, 1.54) is 0 Å². The summed E-state index contributed by atoms with van der Waals surface area (Å²) in [7, 11) is 0.853. The van der Waals surface area contributed by atoms with Crippen molar-refractivity contribution in [3.63, 3.8) is 0 Å². The molecule has 0 amide bonds. The predicted molar refractivity (Wildman–Crippen MR) is 90.5 cm³/mol. The number of aromatic nitrogens is 3. The largest absolute Gasteiger partial charge is 0.433 e. The molecule has 14 heteroatoms. The molecule has 162 valence electrons. The van der Waals surface area contributed by atoms with Crippen LogP contribution >= 0.6 is 11.3 Å². The molecule has 5 nitrogen and oxygen atoms in total. The molecule has 2 heterocycles. The number of thiazole rings is 1. The first-order valence-corrected chi connectivity index (χ1v) is 8.69. The van der Waals surface area contributed by atoms with Crippen LogP contribution in [-0.2, 0) is 19.8 Å². The van der Waals surface area contributed by atoms with Gasteiger partial charge in [0.15, 0.2) is 0 Å². The van der Waals surface area contributed by atoms with E-state index in [4.69, 9.17) is 0 Å². The zero-order valence-corrected chi connectivity index (χ0v) is 15.4. The van der Waals surface area contributed by atoms with Crippen molar-refractivity contribution in [2.45, 2.75) is 25.1 Å². The maximum atomic E-state index is 14.5. The summed E-state index contributed by atoms with van der Waals surface area (Å²) in [5.41, 5.74) is -4.59. The molecule has 3 rings (SSSR count). The van der Waals surface area contributed by atoms with E-state index in [1.54, 1.807) is 0 Å². The molecule has 0 spiro atoms. The van der Waals surface area contributed by atoms with E-state index in [0.29, 0.717) is 17.4 Å². The molecule has 0 N–H and O–H groups in total. The smallest absolute Gasteiger partial charge is 0.292 e. The number of alkyl halides is 7. The standard InChI is InChI=1S/C16H9F8N3O2S/c1-26-11(16(22,23)24)4-9(28)12(25-26)6-2-8-10(3-7(6)17)30-14(29)27(8)5-15(20,21)13(18)19/h2-4,13H,5H2,1H3. The quantitative estimate of drug-likeness (QED) is 0.557. The van der Waals surface area contributed by atoms with Crippen LogP contribution in [0.2, 0.25) is 0 Å². The lowest BCUT2D eigenvalue weighted by atomic mass is 10.1. The molecule has 0 aliphatic carbocycles. The van der Waals surface area contributed by atoms with E-state index < -0.39 is 63.7 Å². The van der Waals surface area contributed by atoms with Crippen molar-refractivity contribution in [3.05, 3.63) is 49.6 Å². The van der Waals surface area contributed by atoms with E-state index >= 15 is 0 Å². The summed E-state index contributed by atoms with van der Waals surface area (Å²) in [5.74, 6) is -5.74. The van der Waals surface area contributed by atoms with Gasteiger partial charge in [-0.3, -0.25) is 18.8 Å². The SMILES string of the molecule is Cn1nc(-c2cc3c(cc2F)sc(=O)n3CC(F)(F)C(F)F)c(=O)cc1C(F)(F)F. The molecule has 0 bridgehead atoms. The molecule has 0 unspecified atom stereocenters. The molecule has 3 aromatic rings. The zero-order valence-electron chi connectivity index (χ0n) is 14.6. The van der Waals surface area contributed by atoms with Crippen LogP contribution in [0.5, 0.6) is 0 Å². The van der Waals surface area contributed by atoms with E-state index in [9.17, 15) is 44.7 Å². The van der Waals surface area contributed by atoms with Crippen molar-refractivity contribution in [1.29, 1.82) is 0 Å². The molecule has 30 heavy (non-hydrogen) atoms. The van der Waals surface area contributed by atoms with Crippen LogP contribution in [0.4, 0.5) is 35.1 Å². The summed E-state index contributed by atoms with van der Waals surface area (Å²) >= 11 is 0.299. The summed E-state index contributed by atoms with van der Waals surface area (Å²) in [6, 6.07) is 1.60. The molecule has 0 fully saturated rings. The summed E-state index contributed by atoms with van der Waals surface area (Å²) in [5, 5.41) is 3.41. The summed E-state index contributed by atoms with van der Waals surface area (Å²) in [6.45, 7) is -1.72. The number of aryl methyl sites for hydroxylation is 1. The molecule has 0 aliphatic heterocycles. The fraction of sp³-hybridized carbons (Fsp3) is 0.312. The van der Waals surface area contributed by atoms with E-state index in [2.05, 4.69) is 5.10 Å². The van der Waals surface area contributed by atoms with Crippen LogP contribution in [0.1, 0.15) is 5.69 Å². The third-order valence-electron chi connectivity index (χ3n) is 4.09. The van der Waals surface area contributed by atoms with Crippen molar-refractivity contribution in [1.82, 2.24) is 14.3 Å². The topological polar surface area (TPSA) is 56.9 Å². The number of hydrogen-bond donors (Lipinski definition) is 0. The van der Waals surface area contributed by atoms with Gasteiger partial charge in [0.05, 0.1) is 16.8 Å². The molecule has 2 aromatic heterocycles. The van der Waals surface area contributed by atoms with Gasteiger partial charge in [0.25, 0.3) is 0 Å². The van der Waals surface area contributed by atoms with Gasteiger partial charge in [-0.25, -0.2) is 13.2 Å². The number of hydrogen-bond acceptors (Lipinski definition) is 4. The van der Waals surface area contributed by atoms with Crippen molar-refractivity contribution in [2.24, 2.45) is 7.05 Å². The normalized spacial score (nSPS) is 12.9. The molecular formula is C16H9F8N3O2S. The second-order valence-electron chi connectivity index (χ2n) is 6.18. The van der Waals surface area contributed by atoms with Gasteiger partial charge in [-0.2, -0.15) is 27.1 Å². The van der Waals surface area contributed by atoms with E-state index in [1.807, 2.05) is 0 Å². The lowest BCUT2D eigenvalue weighted by Crippen LogP contribution is -2.34. The van der Waals surface area contributed by atoms with Gasteiger partial charge in [-0.1, -0.05) is 11.3 Å². The second kappa shape index (κ2) is 7.18. The van der Waals surface area contributed by atoms with Gasteiger partial charge in [0.2, 0.25) is 5.43 Å². The molecule has 0 radical (unpaired) electrons. The Kier molecular flexibility index (Phi) is 5.25. The molecule has 1 aromatic carbocycles. The Labute approximate surface area is 164 Å². The third kappa shape index (κ3) is 3.82. The molecule has 0 atom stereocenters. The number of benzene rings is 1. The lowest BCUT2D eigenvalue weighted by Gasteiger charge is -2.16. The molecular weight excluding hydrogens is 450 g/mol. The maximum Gasteiger partial charge on any atom is 0.433 e. The Bertz CT molecular complexity index is 1240. The Balaban J connectivity index is 2.23. The molecule has 0 saturated heterocycles. The van der Waals surface area contributed by atoms with E-state index in [-0.39, 0.29) is 20.0 Å².